The molecular formula is C15H14F3NO4. The van der Waals surface area contributed by atoms with Crippen molar-refractivity contribution in [2.45, 2.75) is 18.6 Å². The summed E-state index contributed by atoms with van der Waals surface area (Å²) < 4.78 is 44.0. The molecule has 0 amide bonds. The smallest absolute Gasteiger partial charge is 0.449 e. The number of ether oxygens (including phenoxy) is 1. The first-order chi connectivity index (χ1) is 10.6. The first-order valence-electron chi connectivity index (χ1n) is 6.52. The molecule has 23 heavy (non-hydrogen) atoms. The quantitative estimate of drug-likeness (QED) is 0.837. The van der Waals surface area contributed by atoms with Gasteiger partial charge in [-0.3, -0.25) is 4.79 Å². The molecule has 0 aliphatic rings. The summed E-state index contributed by atoms with van der Waals surface area (Å²) in [4.78, 5) is 11.9. The van der Waals surface area contributed by atoms with Crippen molar-refractivity contribution >= 4 is 0 Å². The summed E-state index contributed by atoms with van der Waals surface area (Å²) in [7, 11) is 1.15. The number of hydrogen-bond donors (Lipinski definition) is 2. The molecule has 8 heteroatoms. The molecule has 0 aliphatic carbocycles. The molecule has 0 unspecified atom stereocenters. The SMILES string of the molecule is Cn1cc(OCc2ccccc2)c(=O)cc1C(O)(O)C(F)(F)F. The van der Waals surface area contributed by atoms with Crippen molar-refractivity contribution in [1.29, 1.82) is 0 Å². The summed E-state index contributed by atoms with van der Waals surface area (Å²) in [6.07, 6.45) is -4.36. The average molecular weight is 329 g/mol. The second kappa shape index (κ2) is 6.05. The molecule has 0 bridgehead atoms. The summed E-state index contributed by atoms with van der Waals surface area (Å²) >= 11 is 0. The van der Waals surface area contributed by atoms with Crippen molar-refractivity contribution in [2.75, 3.05) is 0 Å². The van der Waals surface area contributed by atoms with Gasteiger partial charge in [0.2, 0.25) is 5.43 Å². The monoisotopic (exact) mass is 329 g/mol. The highest BCUT2D eigenvalue weighted by Crippen LogP contribution is 2.36. The molecular weight excluding hydrogens is 315 g/mol. The maximum atomic E-state index is 12.7. The molecule has 2 aromatic rings. The van der Waals surface area contributed by atoms with Crippen molar-refractivity contribution in [3.63, 3.8) is 0 Å². The van der Waals surface area contributed by atoms with Crippen LogP contribution in [0.4, 0.5) is 13.2 Å². The van der Waals surface area contributed by atoms with Gasteiger partial charge >= 0.3 is 12.0 Å². The van der Waals surface area contributed by atoms with Gasteiger partial charge in [0.25, 0.3) is 0 Å². The molecule has 0 saturated heterocycles. The van der Waals surface area contributed by atoms with Crippen LogP contribution in [0.15, 0.2) is 47.4 Å². The van der Waals surface area contributed by atoms with Crippen LogP contribution in [0.2, 0.25) is 0 Å². The van der Waals surface area contributed by atoms with Crippen LogP contribution in [0.1, 0.15) is 11.3 Å². The summed E-state index contributed by atoms with van der Waals surface area (Å²) in [5.41, 5.74) is -1.11. The van der Waals surface area contributed by atoms with Crippen molar-refractivity contribution in [2.24, 2.45) is 7.05 Å². The molecule has 1 heterocycles. The Morgan fingerprint density at radius 2 is 1.78 bits per heavy atom. The van der Waals surface area contributed by atoms with Crippen LogP contribution in [-0.2, 0) is 19.4 Å². The summed E-state index contributed by atoms with van der Waals surface area (Å²) in [5, 5.41) is 18.5. The van der Waals surface area contributed by atoms with E-state index in [1.807, 2.05) is 0 Å². The Balaban J connectivity index is 2.29. The van der Waals surface area contributed by atoms with Crippen LogP contribution in [-0.4, -0.2) is 21.0 Å². The van der Waals surface area contributed by atoms with Crippen molar-refractivity contribution in [3.05, 3.63) is 64.1 Å². The predicted molar refractivity (Wildman–Crippen MR) is 74.6 cm³/mol. The highest BCUT2D eigenvalue weighted by atomic mass is 19.4. The van der Waals surface area contributed by atoms with Gasteiger partial charge in [0.05, 0.1) is 11.9 Å². The minimum atomic E-state index is -5.34. The molecule has 0 fully saturated rings. The van der Waals surface area contributed by atoms with Gasteiger partial charge < -0.3 is 19.5 Å². The van der Waals surface area contributed by atoms with Crippen molar-refractivity contribution in [3.8, 4) is 5.75 Å². The molecule has 0 spiro atoms. The van der Waals surface area contributed by atoms with E-state index in [1.54, 1.807) is 30.3 Å². The fourth-order valence-corrected chi connectivity index (χ4v) is 1.94. The summed E-state index contributed by atoms with van der Waals surface area (Å²) in [5.74, 6) is -4.32. The molecule has 0 aliphatic heterocycles. The van der Waals surface area contributed by atoms with Crippen LogP contribution in [0.5, 0.6) is 5.75 Å². The van der Waals surface area contributed by atoms with Crippen molar-refractivity contribution < 1.29 is 28.1 Å². The number of benzene rings is 1. The standard InChI is InChI=1S/C15H14F3NO4/c1-19-8-12(23-9-10-5-3-2-4-6-10)11(20)7-13(19)14(21,22)15(16,17)18/h2-8,21-22H,9H2,1H3. The van der Waals surface area contributed by atoms with Crippen LogP contribution in [0, 0.1) is 0 Å². The molecule has 0 saturated carbocycles. The van der Waals surface area contributed by atoms with E-state index in [0.29, 0.717) is 6.07 Å². The molecule has 0 radical (unpaired) electrons. The lowest BCUT2D eigenvalue weighted by molar-refractivity contribution is -0.360. The lowest BCUT2D eigenvalue weighted by Gasteiger charge is -2.26. The molecule has 2 rings (SSSR count). The number of aliphatic hydroxyl groups is 2. The second-order valence-corrected chi connectivity index (χ2v) is 4.94. The van der Waals surface area contributed by atoms with Crippen LogP contribution < -0.4 is 10.2 Å². The van der Waals surface area contributed by atoms with Crippen molar-refractivity contribution in [1.82, 2.24) is 4.57 Å². The first-order valence-corrected chi connectivity index (χ1v) is 6.52. The zero-order chi connectivity index (χ0) is 17.3. The van der Waals surface area contributed by atoms with Gasteiger partial charge in [-0.2, -0.15) is 13.2 Å². The fourth-order valence-electron chi connectivity index (χ4n) is 1.94. The van der Waals surface area contributed by atoms with E-state index in [1.165, 1.54) is 0 Å². The van der Waals surface area contributed by atoms with Gasteiger partial charge in [-0.05, 0) is 5.56 Å². The lowest BCUT2D eigenvalue weighted by atomic mass is 10.1. The van der Waals surface area contributed by atoms with Crippen LogP contribution in [0.25, 0.3) is 0 Å². The molecule has 5 nitrogen and oxygen atoms in total. The summed E-state index contributed by atoms with van der Waals surface area (Å²) in [6.45, 7) is 0.0537. The van der Waals surface area contributed by atoms with E-state index >= 15 is 0 Å². The summed E-state index contributed by atoms with van der Waals surface area (Å²) in [6, 6.07) is 9.36. The van der Waals surface area contributed by atoms with Gasteiger partial charge in [-0.25, -0.2) is 0 Å². The highest BCUT2D eigenvalue weighted by molar-refractivity contribution is 5.25. The Bertz CT molecular complexity index is 739. The molecule has 1 aromatic heterocycles. The van der Waals surface area contributed by atoms with Gasteiger partial charge in [-0.15, -0.1) is 0 Å². The van der Waals surface area contributed by atoms with Gasteiger partial charge in [0.15, 0.2) is 5.75 Å². The van der Waals surface area contributed by atoms with Crippen LogP contribution >= 0.6 is 0 Å². The molecule has 124 valence electrons. The van der Waals surface area contributed by atoms with E-state index in [2.05, 4.69) is 0 Å². The third-order valence-electron chi connectivity index (χ3n) is 3.19. The van der Waals surface area contributed by atoms with E-state index in [0.717, 1.165) is 23.4 Å². The number of aryl methyl sites for hydroxylation is 1. The Morgan fingerprint density at radius 3 is 2.35 bits per heavy atom. The Hall–Kier alpha value is -2.32. The van der Waals surface area contributed by atoms with E-state index in [-0.39, 0.29) is 12.4 Å². The highest BCUT2D eigenvalue weighted by Gasteiger charge is 2.55. The van der Waals surface area contributed by atoms with E-state index in [9.17, 15) is 28.2 Å². The van der Waals surface area contributed by atoms with E-state index in [4.69, 9.17) is 4.74 Å². The topological polar surface area (TPSA) is 71.7 Å². The number of alkyl halides is 3. The predicted octanol–water partition coefficient (Wildman–Crippen LogP) is 1.66. The molecule has 1 aromatic carbocycles. The normalized spacial score (nSPS) is 12.3. The zero-order valence-corrected chi connectivity index (χ0v) is 12.0. The number of aromatic nitrogens is 1. The number of rotatable bonds is 4. The fraction of sp³-hybridized carbons (Fsp3) is 0.267. The third-order valence-corrected chi connectivity index (χ3v) is 3.19. The Labute approximate surface area is 129 Å². The second-order valence-electron chi connectivity index (χ2n) is 4.94. The number of hydrogen-bond acceptors (Lipinski definition) is 4. The van der Waals surface area contributed by atoms with E-state index < -0.39 is 23.1 Å². The molecule has 2 N–H and O–H groups in total. The first kappa shape index (κ1) is 17.0. The van der Waals surface area contributed by atoms with Gasteiger partial charge in [0, 0.05) is 13.1 Å². The number of halogens is 3. The lowest BCUT2D eigenvalue weighted by Crippen LogP contribution is -2.44. The largest absolute Gasteiger partial charge is 0.483 e. The maximum Gasteiger partial charge on any atom is 0.449 e. The molecule has 0 atom stereocenters. The average Bonchev–Trinajstić information content (AvgIpc) is 2.47. The number of pyridine rings is 1. The minimum absolute atomic E-state index is 0.0537. The Kier molecular flexibility index (Phi) is 4.49. The van der Waals surface area contributed by atoms with Gasteiger partial charge in [0.1, 0.15) is 6.61 Å². The minimum Gasteiger partial charge on any atom is -0.483 e. The van der Waals surface area contributed by atoms with Gasteiger partial charge in [-0.1, -0.05) is 30.3 Å². The number of nitrogens with zero attached hydrogens (tertiary/aromatic N) is 1. The Morgan fingerprint density at radius 1 is 1.17 bits per heavy atom. The third kappa shape index (κ3) is 3.54. The maximum absolute atomic E-state index is 12.7. The zero-order valence-electron chi connectivity index (χ0n) is 12.0. The van der Waals surface area contributed by atoms with Crippen LogP contribution in [0.3, 0.4) is 0 Å².